The van der Waals surface area contributed by atoms with E-state index in [1.807, 2.05) is 4.90 Å². The summed E-state index contributed by atoms with van der Waals surface area (Å²) in [5.41, 5.74) is 3.43. The van der Waals surface area contributed by atoms with Gasteiger partial charge in [-0.2, -0.15) is 0 Å². The van der Waals surface area contributed by atoms with Gasteiger partial charge < -0.3 is 35.8 Å². The van der Waals surface area contributed by atoms with Crippen LogP contribution in [0.15, 0.2) is 23.0 Å². The van der Waals surface area contributed by atoms with Crippen molar-refractivity contribution in [3.63, 3.8) is 0 Å². The number of methoxy groups -OCH3 is 1. The van der Waals surface area contributed by atoms with Crippen LogP contribution in [0.2, 0.25) is 0 Å². The molecule has 1 aromatic rings. The number of nitrogens with two attached hydrogens (primary N) is 1. The number of hydrogen-bond donors (Lipinski definition) is 5. The zero-order valence-corrected chi connectivity index (χ0v) is 18.5. The molecule has 0 unspecified atom stereocenters. The van der Waals surface area contributed by atoms with Gasteiger partial charge in [-0.25, -0.2) is 0 Å². The second kappa shape index (κ2) is 7.60. The summed E-state index contributed by atoms with van der Waals surface area (Å²) in [5, 5.41) is 44.0. The Morgan fingerprint density at radius 3 is 2.48 bits per heavy atom. The molecule has 0 spiro atoms. The third kappa shape index (κ3) is 3.05. The smallest absolute Gasteiger partial charge is 0.255 e. The summed E-state index contributed by atoms with van der Waals surface area (Å²) in [6.07, 6.45) is -0.000367. The Kier molecular flexibility index (Phi) is 5.25. The van der Waals surface area contributed by atoms with Crippen LogP contribution in [0.5, 0.6) is 5.75 Å². The fraction of sp³-hybridized carbons (Fsp3) is 0.435. The second-order valence-corrected chi connectivity index (χ2v) is 8.99. The van der Waals surface area contributed by atoms with Crippen molar-refractivity contribution in [2.45, 2.75) is 31.5 Å². The number of carbonyl (C=O) groups is 3. The molecule has 3 atom stereocenters. The Hall–Kier alpha value is -3.37. The topological polar surface area (TPSA) is 171 Å². The van der Waals surface area contributed by atoms with Crippen molar-refractivity contribution in [3.8, 4) is 5.75 Å². The van der Waals surface area contributed by atoms with Crippen LogP contribution in [0, 0.1) is 11.8 Å². The minimum atomic E-state index is -2.57. The fourth-order valence-corrected chi connectivity index (χ4v) is 5.39. The van der Waals surface area contributed by atoms with Crippen molar-refractivity contribution in [2.75, 3.05) is 26.1 Å². The number of Topliss-reactive ketones (excluding diaryl/α,β-unsaturated/α-hetero) is 2. The number of fused-ring (bicyclic) bond motifs is 3. The first kappa shape index (κ1) is 22.8. The van der Waals surface area contributed by atoms with E-state index in [9.17, 15) is 34.8 Å². The minimum absolute atomic E-state index is 0.0551. The molecule has 10 heteroatoms. The Balaban J connectivity index is 1.96. The third-order valence-corrected chi connectivity index (χ3v) is 6.90. The van der Waals surface area contributed by atoms with Crippen molar-refractivity contribution < 1.29 is 39.5 Å². The zero-order valence-electron chi connectivity index (χ0n) is 18.5. The maximum Gasteiger partial charge on any atom is 0.255 e. The number of carbonyl (C=O) groups excluding carboxylic acids is 3. The molecule has 0 radical (unpaired) electrons. The monoisotopic (exact) mass is 458 g/mol. The third-order valence-electron chi connectivity index (χ3n) is 6.90. The van der Waals surface area contributed by atoms with Gasteiger partial charge in [0, 0.05) is 50.4 Å². The Morgan fingerprint density at radius 2 is 1.91 bits per heavy atom. The van der Waals surface area contributed by atoms with E-state index in [1.54, 1.807) is 20.2 Å². The molecule has 0 saturated heterocycles. The molecule has 1 fully saturated rings. The number of aromatic hydroxyl groups is 1. The standard InChI is InChI=1S/C23H26N2O8/c1-25(2)13-6-10(8-33-3)18(27)16-12(13)5-9-4-11-7-14(26)17(22(24)31)21(30)23(11,32)20(29)15(9)19(16)28/h6,9,11,27-28,30,32H,4-5,7-8H2,1-3H3,(H2,24,31)/t9-,11+,23+/m1/s1. The van der Waals surface area contributed by atoms with Crippen LogP contribution in [0.3, 0.4) is 0 Å². The normalized spacial score (nSPS) is 26.7. The van der Waals surface area contributed by atoms with E-state index in [2.05, 4.69) is 0 Å². The molecule has 3 aliphatic carbocycles. The minimum Gasteiger partial charge on any atom is -0.508 e. The molecule has 10 nitrogen and oxygen atoms in total. The molecule has 1 saturated carbocycles. The highest BCUT2D eigenvalue weighted by Gasteiger charge is 2.60. The van der Waals surface area contributed by atoms with Crippen LogP contribution in [0.4, 0.5) is 5.69 Å². The quantitative estimate of drug-likeness (QED) is 0.406. The van der Waals surface area contributed by atoms with E-state index in [4.69, 9.17) is 10.5 Å². The first-order chi connectivity index (χ1) is 15.4. The van der Waals surface area contributed by atoms with Gasteiger partial charge in [0.05, 0.1) is 12.2 Å². The molecule has 0 heterocycles. The maximum absolute atomic E-state index is 13.5. The average Bonchev–Trinajstić information content (AvgIpc) is 2.72. The van der Waals surface area contributed by atoms with Gasteiger partial charge in [0.15, 0.2) is 11.4 Å². The molecule has 176 valence electrons. The van der Waals surface area contributed by atoms with Gasteiger partial charge >= 0.3 is 0 Å². The van der Waals surface area contributed by atoms with Crippen LogP contribution < -0.4 is 10.6 Å². The van der Waals surface area contributed by atoms with Crippen LogP contribution in [-0.4, -0.2) is 64.7 Å². The number of aliphatic hydroxyl groups is 3. The van der Waals surface area contributed by atoms with Gasteiger partial charge in [0.1, 0.15) is 22.8 Å². The number of anilines is 1. The lowest BCUT2D eigenvalue weighted by molar-refractivity contribution is -0.147. The predicted molar refractivity (Wildman–Crippen MR) is 116 cm³/mol. The summed E-state index contributed by atoms with van der Waals surface area (Å²) in [7, 11) is 5.06. The lowest BCUT2D eigenvalue weighted by Gasteiger charge is -2.46. The number of nitrogens with zero attached hydrogens (tertiary/aromatic N) is 1. The van der Waals surface area contributed by atoms with Gasteiger partial charge in [0.25, 0.3) is 5.91 Å². The Morgan fingerprint density at radius 1 is 1.24 bits per heavy atom. The molecule has 0 aliphatic heterocycles. The molecular formula is C23H26N2O8. The van der Waals surface area contributed by atoms with Gasteiger partial charge in [0.2, 0.25) is 5.78 Å². The molecule has 0 bridgehead atoms. The summed E-state index contributed by atoms with van der Waals surface area (Å²) in [4.78, 5) is 39.4. The molecule has 33 heavy (non-hydrogen) atoms. The number of amides is 1. The number of primary amides is 1. The number of ether oxygens (including phenoxy) is 1. The van der Waals surface area contributed by atoms with E-state index >= 15 is 0 Å². The number of phenolic OH excluding ortho intramolecular Hbond substituents is 1. The lowest BCUT2D eigenvalue weighted by Crippen LogP contribution is -2.58. The van der Waals surface area contributed by atoms with E-state index < -0.39 is 52.0 Å². The summed E-state index contributed by atoms with van der Waals surface area (Å²) in [6, 6.07) is 1.74. The molecule has 3 aliphatic rings. The second-order valence-electron chi connectivity index (χ2n) is 8.99. The molecule has 1 aromatic carbocycles. The van der Waals surface area contributed by atoms with Gasteiger partial charge in [-0.1, -0.05) is 0 Å². The predicted octanol–water partition coefficient (Wildman–Crippen LogP) is 0.636. The SMILES string of the molecule is COCc1cc(N(C)C)c2c(c1O)C(O)=C1C(=O)[C@]3(O)C(O)=C(C(N)=O)C(=O)C[C@@H]3C[C@@H]1C2. The van der Waals surface area contributed by atoms with Gasteiger partial charge in [-0.05, 0) is 30.4 Å². The van der Waals surface area contributed by atoms with Crippen molar-refractivity contribution in [1.82, 2.24) is 0 Å². The Labute approximate surface area is 189 Å². The van der Waals surface area contributed by atoms with Crippen molar-refractivity contribution in [3.05, 3.63) is 39.7 Å². The summed E-state index contributed by atoms with van der Waals surface area (Å²) in [5.74, 6) is -6.42. The van der Waals surface area contributed by atoms with Crippen molar-refractivity contribution >= 4 is 28.9 Å². The first-order valence-corrected chi connectivity index (χ1v) is 10.5. The number of rotatable bonds is 4. The molecular weight excluding hydrogens is 432 g/mol. The van der Waals surface area contributed by atoms with E-state index in [1.165, 1.54) is 7.11 Å². The molecule has 4 rings (SSSR count). The highest BCUT2D eigenvalue weighted by molar-refractivity contribution is 6.22. The maximum atomic E-state index is 13.5. The number of phenols is 1. The fourth-order valence-electron chi connectivity index (χ4n) is 5.39. The van der Waals surface area contributed by atoms with E-state index in [0.717, 1.165) is 0 Å². The number of hydrogen-bond acceptors (Lipinski definition) is 9. The van der Waals surface area contributed by atoms with Crippen LogP contribution >= 0.6 is 0 Å². The summed E-state index contributed by atoms with van der Waals surface area (Å²) >= 11 is 0. The van der Waals surface area contributed by atoms with Crippen molar-refractivity contribution in [2.24, 2.45) is 17.6 Å². The number of aliphatic hydroxyl groups excluding tert-OH is 2. The number of benzene rings is 1. The van der Waals surface area contributed by atoms with Gasteiger partial charge in [-0.15, -0.1) is 0 Å². The first-order valence-electron chi connectivity index (χ1n) is 10.5. The van der Waals surface area contributed by atoms with Crippen LogP contribution in [0.25, 0.3) is 5.76 Å². The Bertz CT molecular complexity index is 1170. The van der Waals surface area contributed by atoms with Crippen LogP contribution in [-0.2, 0) is 32.1 Å². The van der Waals surface area contributed by atoms with E-state index in [-0.39, 0.29) is 42.8 Å². The highest BCUT2D eigenvalue weighted by Crippen LogP contribution is 2.53. The molecule has 1 amide bonds. The largest absolute Gasteiger partial charge is 0.508 e. The summed E-state index contributed by atoms with van der Waals surface area (Å²) in [6.45, 7) is 0.0551. The number of ketones is 2. The zero-order chi connectivity index (χ0) is 24.4. The highest BCUT2D eigenvalue weighted by atomic mass is 16.5. The molecule has 0 aromatic heterocycles. The van der Waals surface area contributed by atoms with Crippen molar-refractivity contribution in [1.29, 1.82) is 0 Å². The van der Waals surface area contributed by atoms with Gasteiger partial charge in [-0.3, -0.25) is 14.4 Å². The van der Waals surface area contributed by atoms with Crippen LogP contribution in [0.1, 0.15) is 29.5 Å². The average molecular weight is 458 g/mol. The molecule has 6 N–H and O–H groups in total. The summed E-state index contributed by atoms with van der Waals surface area (Å²) < 4.78 is 5.14. The lowest BCUT2D eigenvalue weighted by atomic mass is 9.59. The van der Waals surface area contributed by atoms with E-state index in [0.29, 0.717) is 16.8 Å².